The number of hydrogen-bond donors (Lipinski definition) is 0. The molecule has 0 N–H and O–H groups in total. The molecule has 2 nitrogen and oxygen atoms in total. The molecule has 1 rings (SSSR count). The van der Waals surface area contributed by atoms with Gasteiger partial charge in [-0.05, 0) is 29.3 Å². The van der Waals surface area contributed by atoms with Gasteiger partial charge in [0.1, 0.15) is 0 Å². The molecule has 1 unspecified atom stereocenters. The Bertz CT molecular complexity index is 235. The zero-order valence-electron chi connectivity index (χ0n) is 11.1. The Hall–Kier alpha value is -0.180. The maximum atomic E-state index is 11.8. The fourth-order valence-corrected chi connectivity index (χ4v) is 2.69. The zero-order chi connectivity index (χ0) is 12.2. The number of likely N-dealkylation sites (tertiary alicyclic amines) is 1. The highest BCUT2D eigenvalue weighted by Gasteiger charge is 2.36. The maximum Gasteiger partial charge on any atom is 0.222 e. The Morgan fingerprint density at radius 1 is 1.44 bits per heavy atom. The van der Waals surface area contributed by atoms with Crippen LogP contribution in [0, 0.1) is 11.3 Å². The molecule has 0 aliphatic carbocycles. The number of carbonyl (C=O) groups is 1. The molecule has 1 fully saturated rings. The second-order valence-corrected chi connectivity index (χ2v) is 7.05. The fraction of sp³-hybridized carbons (Fsp3) is 0.923. The molecule has 1 amide bonds. The van der Waals surface area contributed by atoms with Gasteiger partial charge in [-0.25, -0.2) is 0 Å². The summed E-state index contributed by atoms with van der Waals surface area (Å²) in [5, 5.41) is 0. The van der Waals surface area contributed by atoms with Crippen LogP contribution in [-0.4, -0.2) is 35.4 Å². The Kier molecular flexibility index (Phi) is 5.16. The average Bonchev–Trinajstić information content (AvgIpc) is 2.55. The van der Waals surface area contributed by atoms with Crippen molar-refractivity contribution in [2.75, 3.05) is 24.6 Å². The van der Waals surface area contributed by atoms with Crippen molar-refractivity contribution < 1.29 is 4.79 Å². The first kappa shape index (κ1) is 13.9. The second-order valence-electron chi connectivity index (χ2n) is 5.66. The molecule has 1 heterocycles. The molecule has 0 spiro atoms. The van der Waals surface area contributed by atoms with Crippen molar-refractivity contribution in [1.29, 1.82) is 0 Å². The van der Waals surface area contributed by atoms with E-state index in [9.17, 15) is 4.79 Å². The third-order valence-corrected chi connectivity index (χ3v) is 4.35. The van der Waals surface area contributed by atoms with E-state index in [0.717, 1.165) is 25.9 Å². The molecule has 0 aromatic heterocycles. The van der Waals surface area contributed by atoms with Crippen molar-refractivity contribution in [2.45, 2.75) is 40.5 Å². The van der Waals surface area contributed by atoms with Crippen LogP contribution in [0.5, 0.6) is 0 Å². The monoisotopic (exact) mass is 243 g/mol. The van der Waals surface area contributed by atoms with Gasteiger partial charge >= 0.3 is 0 Å². The molecule has 3 heteroatoms. The van der Waals surface area contributed by atoms with Gasteiger partial charge in [-0.3, -0.25) is 4.79 Å². The van der Waals surface area contributed by atoms with Crippen LogP contribution >= 0.6 is 11.8 Å². The lowest BCUT2D eigenvalue weighted by Crippen LogP contribution is -2.28. The van der Waals surface area contributed by atoms with E-state index in [1.54, 1.807) is 0 Å². The van der Waals surface area contributed by atoms with Gasteiger partial charge in [-0.15, -0.1) is 0 Å². The molecule has 16 heavy (non-hydrogen) atoms. The van der Waals surface area contributed by atoms with E-state index < -0.39 is 0 Å². The van der Waals surface area contributed by atoms with Crippen molar-refractivity contribution in [3.63, 3.8) is 0 Å². The minimum Gasteiger partial charge on any atom is -0.342 e. The largest absolute Gasteiger partial charge is 0.342 e. The van der Waals surface area contributed by atoms with Gasteiger partial charge in [0.15, 0.2) is 0 Å². The van der Waals surface area contributed by atoms with Gasteiger partial charge in [0, 0.05) is 19.5 Å². The molecule has 0 bridgehead atoms. The van der Waals surface area contributed by atoms with Crippen molar-refractivity contribution >= 4 is 17.7 Å². The third kappa shape index (κ3) is 4.00. The van der Waals surface area contributed by atoms with Crippen LogP contribution in [0.25, 0.3) is 0 Å². The van der Waals surface area contributed by atoms with E-state index in [4.69, 9.17) is 0 Å². The highest BCUT2D eigenvalue weighted by Crippen LogP contribution is 2.34. The summed E-state index contributed by atoms with van der Waals surface area (Å²) in [6.45, 7) is 10.8. The Morgan fingerprint density at radius 3 is 2.62 bits per heavy atom. The Balaban J connectivity index is 2.31. The van der Waals surface area contributed by atoms with Crippen LogP contribution < -0.4 is 0 Å². The molecule has 0 aromatic carbocycles. The van der Waals surface area contributed by atoms with Crippen molar-refractivity contribution in [2.24, 2.45) is 11.3 Å². The van der Waals surface area contributed by atoms with E-state index in [-0.39, 0.29) is 5.41 Å². The predicted octanol–water partition coefficient (Wildman–Crippen LogP) is 3.02. The van der Waals surface area contributed by atoms with Crippen molar-refractivity contribution in [1.82, 2.24) is 4.90 Å². The predicted molar refractivity (Wildman–Crippen MR) is 71.8 cm³/mol. The SMILES string of the molecule is CCSCCCN1CC(C(C)(C)C)CC1=O. The van der Waals surface area contributed by atoms with E-state index in [0.29, 0.717) is 11.8 Å². The van der Waals surface area contributed by atoms with Gasteiger partial charge in [-0.2, -0.15) is 11.8 Å². The van der Waals surface area contributed by atoms with E-state index >= 15 is 0 Å². The van der Waals surface area contributed by atoms with Crippen LogP contribution in [0.4, 0.5) is 0 Å². The fourth-order valence-electron chi connectivity index (χ4n) is 2.07. The van der Waals surface area contributed by atoms with E-state index in [2.05, 4.69) is 32.6 Å². The quantitative estimate of drug-likeness (QED) is 0.692. The zero-order valence-corrected chi connectivity index (χ0v) is 11.9. The normalized spacial score (nSPS) is 21.9. The summed E-state index contributed by atoms with van der Waals surface area (Å²) in [4.78, 5) is 13.9. The summed E-state index contributed by atoms with van der Waals surface area (Å²) in [7, 11) is 0. The lowest BCUT2D eigenvalue weighted by Gasteiger charge is -2.26. The summed E-state index contributed by atoms with van der Waals surface area (Å²) >= 11 is 1.96. The van der Waals surface area contributed by atoms with Crippen LogP contribution in [0.15, 0.2) is 0 Å². The topological polar surface area (TPSA) is 20.3 Å². The number of carbonyl (C=O) groups excluding carboxylic acids is 1. The summed E-state index contributed by atoms with van der Waals surface area (Å²) in [6, 6.07) is 0. The van der Waals surface area contributed by atoms with E-state index in [1.165, 1.54) is 11.5 Å². The van der Waals surface area contributed by atoms with E-state index in [1.807, 2.05) is 11.8 Å². The molecule has 1 atom stereocenters. The van der Waals surface area contributed by atoms with Crippen molar-refractivity contribution in [3.05, 3.63) is 0 Å². The molecule has 1 aliphatic rings. The van der Waals surface area contributed by atoms with Crippen LogP contribution in [0.2, 0.25) is 0 Å². The van der Waals surface area contributed by atoms with Crippen molar-refractivity contribution in [3.8, 4) is 0 Å². The number of amides is 1. The minimum absolute atomic E-state index is 0.266. The molecule has 0 aromatic rings. The molecule has 1 saturated heterocycles. The summed E-state index contributed by atoms with van der Waals surface area (Å²) < 4.78 is 0. The summed E-state index contributed by atoms with van der Waals surface area (Å²) in [5.41, 5.74) is 0.266. The van der Waals surface area contributed by atoms with Gasteiger partial charge in [0.05, 0.1) is 0 Å². The van der Waals surface area contributed by atoms with Crippen LogP contribution in [0.1, 0.15) is 40.5 Å². The van der Waals surface area contributed by atoms with Crippen LogP contribution in [-0.2, 0) is 4.79 Å². The molecule has 0 radical (unpaired) electrons. The highest BCUT2D eigenvalue weighted by atomic mass is 32.2. The Labute approximate surface area is 104 Å². The summed E-state index contributed by atoms with van der Waals surface area (Å²) in [5.74, 6) is 3.26. The lowest BCUT2D eigenvalue weighted by atomic mass is 9.80. The molecular formula is C13H25NOS. The first-order valence-corrected chi connectivity index (χ1v) is 7.46. The number of nitrogens with zero attached hydrogens (tertiary/aromatic N) is 1. The third-order valence-electron chi connectivity index (χ3n) is 3.36. The molecule has 94 valence electrons. The maximum absolute atomic E-state index is 11.8. The first-order chi connectivity index (χ1) is 7.45. The number of hydrogen-bond acceptors (Lipinski definition) is 2. The standard InChI is InChI=1S/C13H25NOS/c1-5-16-8-6-7-14-10-11(9-12(14)15)13(2,3)4/h11H,5-10H2,1-4H3. The van der Waals surface area contributed by atoms with Gasteiger partial charge in [-0.1, -0.05) is 27.7 Å². The van der Waals surface area contributed by atoms with Gasteiger partial charge < -0.3 is 4.90 Å². The van der Waals surface area contributed by atoms with Gasteiger partial charge in [0.25, 0.3) is 0 Å². The number of thioether (sulfide) groups is 1. The first-order valence-electron chi connectivity index (χ1n) is 6.30. The second kappa shape index (κ2) is 5.95. The molecule has 0 saturated carbocycles. The highest BCUT2D eigenvalue weighted by molar-refractivity contribution is 7.99. The minimum atomic E-state index is 0.266. The van der Waals surface area contributed by atoms with Gasteiger partial charge in [0.2, 0.25) is 5.91 Å². The van der Waals surface area contributed by atoms with Crippen LogP contribution in [0.3, 0.4) is 0 Å². The summed E-state index contributed by atoms with van der Waals surface area (Å²) in [6.07, 6.45) is 1.89. The Morgan fingerprint density at radius 2 is 2.12 bits per heavy atom. The number of rotatable bonds is 5. The molecular weight excluding hydrogens is 218 g/mol. The lowest BCUT2D eigenvalue weighted by molar-refractivity contribution is -0.127. The molecule has 1 aliphatic heterocycles. The smallest absolute Gasteiger partial charge is 0.222 e. The average molecular weight is 243 g/mol.